The molecule has 1 amide bonds. The van der Waals surface area contributed by atoms with Crippen LogP contribution in [0.2, 0.25) is 0 Å². The van der Waals surface area contributed by atoms with Crippen LogP contribution in [0.1, 0.15) is 22.3 Å². The number of benzene rings is 1. The predicted molar refractivity (Wildman–Crippen MR) is 79.3 cm³/mol. The van der Waals surface area contributed by atoms with Crippen molar-refractivity contribution in [2.24, 2.45) is 0 Å². The summed E-state index contributed by atoms with van der Waals surface area (Å²) in [6, 6.07) is 4.42. The first kappa shape index (κ1) is 15.9. The standard InChI is InChI=1S/C13H16INO4/c1-8-4-3-5-9(11(8)14)12(16)15-10(13(17)18)6-7-19-2/h3-5,10H,6-7H2,1-2H3,(H,15,16)(H,17,18). The second-order valence-electron chi connectivity index (χ2n) is 4.08. The van der Waals surface area contributed by atoms with Gasteiger partial charge in [0.15, 0.2) is 0 Å². The number of hydrogen-bond acceptors (Lipinski definition) is 3. The summed E-state index contributed by atoms with van der Waals surface area (Å²) in [6.07, 6.45) is 0.236. The van der Waals surface area contributed by atoms with Crippen LogP contribution in [0.5, 0.6) is 0 Å². The summed E-state index contributed by atoms with van der Waals surface area (Å²) >= 11 is 2.08. The number of ether oxygens (including phenoxy) is 1. The van der Waals surface area contributed by atoms with Gasteiger partial charge in [0.1, 0.15) is 6.04 Å². The molecule has 0 fully saturated rings. The maximum absolute atomic E-state index is 12.1. The van der Waals surface area contributed by atoms with Gasteiger partial charge in [0, 0.05) is 23.7 Å². The molecule has 0 aliphatic rings. The molecule has 1 rings (SSSR count). The molecule has 1 atom stereocenters. The van der Waals surface area contributed by atoms with Crippen molar-refractivity contribution in [2.45, 2.75) is 19.4 Å². The van der Waals surface area contributed by atoms with Crippen LogP contribution in [0, 0.1) is 10.5 Å². The number of methoxy groups -OCH3 is 1. The number of rotatable bonds is 6. The van der Waals surface area contributed by atoms with Gasteiger partial charge in [-0.15, -0.1) is 0 Å². The van der Waals surface area contributed by atoms with E-state index in [-0.39, 0.29) is 18.9 Å². The number of hydrogen-bond donors (Lipinski definition) is 2. The first-order chi connectivity index (χ1) is 8.97. The molecule has 5 nitrogen and oxygen atoms in total. The maximum atomic E-state index is 12.1. The molecule has 0 saturated heterocycles. The lowest BCUT2D eigenvalue weighted by Gasteiger charge is -2.15. The summed E-state index contributed by atoms with van der Waals surface area (Å²) in [6.45, 7) is 2.18. The summed E-state index contributed by atoms with van der Waals surface area (Å²) in [5, 5.41) is 11.6. The van der Waals surface area contributed by atoms with Crippen LogP contribution in [0.3, 0.4) is 0 Å². The Balaban J connectivity index is 2.82. The first-order valence-corrected chi connectivity index (χ1v) is 6.83. The lowest BCUT2D eigenvalue weighted by molar-refractivity contribution is -0.139. The maximum Gasteiger partial charge on any atom is 0.326 e. The molecular weight excluding hydrogens is 361 g/mol. The normalized spacial score (nSPS) is 11.9. The summed E-state index contributed by atoms with van der Waals surface area (Å²) in [5.74, 6) is -1.44. The number of aryl methyl sites for hydroxylation is 1. The van der Waals surface area contributed by atoms with Gasteiger partial charge in [0.25, 0.3) is 5.91 Å². The molecule has 0 radical (unpaired) electrons. The third kappa shape index (κ3) is 4.46. The molecule has 19 heavy (non-hydrogen) atoms. The quantitative estimate of drug-likeness (QED) is 0.742. The molecule has 0 spiro atoms. The average molecular weight is 377 g/mol. The zero-order valence-corrected chi connectivity index (χ0v) is 12.9. The minimum Gasteiger partial charge on any atom is -0.480 e. The Kier molecular flexibility index (Phi) is 6.23. The zero-order chi connectivity index (χ0) is 14.4. The molecule has 0 bridgehead atoms. The van der Waals surface area contributed by atoms with E-state index in [1.54, 1.807) is 12.1 Å². The molecule has 1 unspecified atom stereocenters. The van der Waals surface area contributed by atoms with Crippen molar-refractivity contribution in [3.8, 4) is 0 Å². The van der Waals surface area contributed by atoms with Crippen LogP contribution < -0.4 is 5.32 Å². The van der Waals surface area contributed by atoms with Crippen LogP contribution in [-0.2, 0) is 9.53 Å². The van der Waals surface area contributed by atoms with Gasteiger partial charge in [0.2, 0.25) is 0 Å². The highest BCUT2D eigenvalue weighted by Crippen LogP contribution is 2.16. The molecule has 1 aromatic carbocycles. The molecule has 0 saturated carbocycles. The zero-order valence-electron chi connectivity index (χ0n) is 10.8. The average Bonchev–Trinajstić information content (AvgIpc) is 2.37. The van der Waals surface area contributed by atoms with Crippen LogP contribution in [0.15, 0.2) is 18.2 Å². The molecule has 6 heteroatoms. The molecule has 0 heterocycles. The largest absolute Gasteiger partial charge is 0.480 e. The number of aliphatic carboxylic acids is 1. The third-order valence-corrected chi connectivity index (χ3v) is 4.08. The van der Waals surface area contributed by atoms with Crippen molar-refractivity contribution >= 4 is 34.5 Å². The van der Waals surface area contributed by atoms with Gasteiger partial charge >= 0.3 is 5.97 Å². The van der Waals surface area contributed by atoms with Crippen LogP contribution in [-0.4, -0.2) is 36.7 Å². The van der Waals surface area contributed by atoms with E-state index in [0.717, 1.165) is 9.13 Å². The summed E-state index contributed by atoms with van der Waals surface area (Å²) < 4.78 is 5.66. The van der Waals surface area contributed by atoms with Crippen LogP contribution in [0.4, 0.5) is 0 Å². The molecule has 0 aromatic heterocycles. The topological polar surface area (TPSA) is 75.6 Å². The van der Waals surface area contributed by atoms with Crippen LogP contribution >= 0.6 is 22.6 Å². The number of carboxylic acid groups (broad SMARTS) is 1. The van der Waals surface area contributed by atoms with E-state index in [9.17, 15) is 9.59 Å². The molecule has 104 valence electrons. The van der Waals surface area contributed by atoms with E-state index in [1.165, 1.54) is 7.11 Å². The second kappa shape index (κ2) is 7.44. The smallest absolute Gasteiger partial charge is 0.326 e. The fourth-order valence-corrected chi connectivity index (χ4v) is 2.16. The van der Waals surface area contributed by atoms with E-state index < -0.39 is 12.0 Å². The SMILES string of the molecule is COCCC(NC(=O)c1cccc(C)c1I)C(=O)O. The Morgan fingerprint density at radius 1 is 1.47 bits per heavy atom. The lowest BCUT2D eigenvalue weighted by Crippen LogP contribution is -2.41. The molecular formula is C13H16INO4. The van der Waals surface area contributed by atoms with Crippen molar-refractivity contribution < 1.29 is 19.4 Å². The first-order valence-electron chi connectivity index (χ1n) is 5.75. The number of carboxylic acids is 1. The third-order valence-electron chi connectivity index (χ3n) is 2.65. The van der Waals surface area contributed by atoms with E-state index in [1.807, 2.05) is 13.0 Å². The van der Waals surface area contributed by atoms with Gasteiger partial charge < -0.3 is 15.2 Å². The Bertz CT molecular complexity index is 476. The Hall–Kier alpha value is -1.15. The number of halogens is 1. The molecule has 2 N–H and O–H groups in total. The van der Waals surface area contributed by atoms with Crippen molar-refractivity contribution in [1.29, 1.82) is 0 Å². The second-order valence-corrected chi connectivity index (χ2v) is 5.16. The Morgan fingerprint density at radius 3 is 2.74 bits per heavy atom. The Labute approximate surface area is 125 Å². The highest BCUT2D eigenvalue weighted by atomic mass is 127. The summed E-state index contributed by atoms with van der Waals surface area (Å²) in [4.78, 5) is 23.1. The van der Waals surface area contributed by atoms with Crippen molar-refractivity contribution in [3.05, 3.63) is 32.9 Å². The van der Waals surface area contributed by atoms with Crippen molar-refractivity contribution in [2.75, 3.05) is 13.7 Å². The van der Waals surface area contributed by atoms with Gasteiger partial charge in [-0.25, -0.2) is 4.79 Å². The van der Waals surface area contributed by atoms with Gasteiger partial charge in [0.05, 0.1) is 5.56 Å². The minimum atomic E-state index is -1.06. The van der Waals surface area contributed by atoms with E-state index in [4.69, 9.17) is 9.84 Å². The Morgan fingerprint density at radius 2 is 2.16 bits per heavy atom. The fraction of sp³-hybridized carbons (Fsp3) is 0.385. The minimum absolute atomic E-state index is 0.236. The number of carbonyl (C=O) groups excluding carboxylic acids is 1. The van der Waals surface area contributed by atoms with E-state index in [2.05, 4.69) is 27.9 Å². The predicted octanol–water partition coefficient (Wildman–Crippen LogP) is 1.82. The molecule has 0 aliphatic heterocycles. The number of nitrogens with one attached hydrogen (secondary N) is 1. The number of amides is 1. The summed E-state index contributed by atoms with van der Waals surface area (Å²) in [5.41, 5.74) is 1.47. The fourth-order valence-electron chi connectivity index (χ4n) is 1.55. The lowest BCUT2D eigenvalue weighted by atomic mass is 10.1. The van der Waals surface area contributed by atoms with Crippen molar-refractivity contribution in [3.63, 3.8) is 0 Å². The number of carbonyl (C=O) groups is 2. The van der Waals surface area contributed by atoms with Gasteiger partial charge in [-0.1, -0.05) is 12.1 Å². The van der Waals surface area contributed by atoms with Crippen molar-refractivity contribution in [1.82, 2.24) is 5.32 Å². The van der Waals surface area contributed by atoms with Gasteiger partial charge in [-0.05, 0) is 41.1 Å². The monoisotopic (exact) mass is 377 g/mol. The summed E-state index contributed by atoms with van der Waals surface area (Å²) in [7, 11) is 1.49. The van der Waals surface area contributed by atoms with E-state index in [0.29, 0.717) is 5.56 Å². The molecule has 1 aromatic rings. The highest BCUT2D eigenvalue weighted by Gasteiger charge is 2.21. The molecule has 0 aliphatic carbocycles. The van der Waals surface area contributed by atoms with Gasteiger partial charge in [-0.3, -0.25) is 4.79 Å². The highest BCUT2D eigenvalue weighted by molar-refractivity contribution is 14.1. The van der Waals surface area contributed by atoms with E-state index >= 15 is 0 Å². The van der Waals surface area contributed by atoms with Gasteiger partial charge in [-0.2, -0.15) is 0 Å². The van der Waals surface area contributed by atoms with Crippen LogP contribution in [0.25, 0.3) is 0 Å².